The number of ether oxygens (including phenoxy) is 1. The van der Waals surface area contributed by atoms with Crippen LogP contribution in [-0.2, 0) is 18.6 Å². The lowest BCUT2D eigenvalue weighted by molar-refractivity contribution is 0.296. The van der Waals surface area contributed by atoms with E-state index in [1.807, 2.05) is 24.4 Å². The number of aromatic nitrogens is 6. The van der Waals surface area contributed by atoms with Gasteiger partial charge in [-0.15, -0.1) is 5.10 Å². The van der Waals surface area contributed by atoms with Crippen LogP contribution < -0.4 is 4.74 Å². The van der Waals surface area contributed by atoms with Crippen LogP contribution in [0.4, 0.5) is 0 Å². The van der Waals surface area contributed by atoms with Gasteiger partial charge in [0.25, 0.3) is 0 Å². The highest BCUT2D eigenvalue weighted by atomic mass is 16.5. The van der Waals surface area contributed by atoms with Crippen molar-refractivity contribution in [2.75, 3.05) is 0 Å². The molecule has 0 saturated carbocycles. The summed E-state index contributed by atoms with van der Waals surface area (Å²) in [6.45, 7) is 11.8. The molecule has 0 amide bonds. The number of nitrogens with zero attached hydrogens (tertiary/aromatic N) is 6. The second-order valence-electron chi connectivity index (χ2n) is 9.46. The smallest absolute Gasteiger partial charge is 0.189 e. The Kier molecular flexibility index (Phi) is 5.12. The largest absolute Gasteiger partial charge is 0.486 e. The van der Waals surface area contributed by atoms with Crippen LogP contribution in [0.1, 0.15) is 49.0 Å². The van der Waals surface area contributed by atoms with Crippen LogP contribution in [0, 0.1) is 13.8 Å². The van der Waals surface area contributed by atoms with Gasteiger partial charge in [0.05, 0.1) is 11.9 Å². The Balaban J connectivity index is 1.44. The maximum absolute atomic E-state index is 5.97. The fraction of sp³-hybridized carbons (Fsp3) is 0.308. The lowest BCUT2D eigenvalue weighted by Gasteiger charge is -2.19. The van der Waals surface area contributed by atoms with Gasteiger partial charge in [0.2, 0.25) is 0 Å². The Morgan fingerprint density at radius 2 is 1.79 bits per heavy atom. The fourth-order valence-corrected chi connectivity index (χ4v) is 4.10. The topological polar surface area (TPSA) is 70.1 Å². The van der Waals surface area contributed by atoms with Gasteiger partial charge < -0.3 is 9.30 Å². The molecule has 0 bridgehead atoms. The van der Waals surface area contributed by atoms with Crippen LogP contribution in [0.25, 0.3) is 16.7 Å². The summed E-state index contributed by atoms with van der Waals surface area (Å²) in [5.74, 6) is 1.43. The summed E-state index contributed by atoms with van der Waals surface area (Å²) in [5.41, 5.74) is 6.54. The van der Waals surface area contributed by atoms with Crippen molar-refractivity contribution in [3.8, 4) is 5.75 Å². The predicted molar refractivity (Wildman–Crippen MR) is 129 cm³/mol. The van der Waals surface area contributed by atoms with Gasteiger partial charge in [-0.05, 0) is 54.2 Å². The third-order valence-electron chi connectivity index (χ3n) is 6.14. The van der Waals surface area contributed by atoms with Crippen LogP contribution in [0.15, 0.2) is 55.1 Å². The molecule has 0 aliphatic rings. The lowest BCUT2D eigenvalue weighted by atomic mass is 9.87. The highest BCUT2D eigenvalue weighted by Crippen LogP contribution is 2.28. The van der Waals surface area contributed by atoms with E-state index in [4.69, 9.17) is 14.7 Å². The van der Waals surface area contributed by atoms with Crippen molar-refractivity contribution >= 4 is 16.7 Å². The summed E-state index contributed by atoms with van der Waals surface area (Å²) in [7, 11) is 0. The summed E-state index contributed by atoms with van der Waals surface area (Å²) >= 11 is 0. The third kappa shape index (κ3) is 3.95. The van der Waals surface area contributed by atoms with E-state index in [0.29, 0.717) is 19.0 Å². The van der Waals surface area contributed by atoms with Crippen molar-refractivity contribution in [3.63, 3.8) is 0 Å². The Hall–Kier alpha value is -3.74. The third-order valence-corrected chi connectivity index (χ3v) is 6.14. The molecule has 33 heavy (non-hydrogen) atoms. The molecule has 0 N–H and O–H groups in total. The second-order valence-corrected chi connectivity index (χ2v) is 9.46. The van der Waals surface area contributed by atoms with Crippen molar-refractivity contribution in [1.29, 1.82) is 0 Å². The first-order chi connectivity index (χ1) is 15.8. The molecule has 0 radical (unpaired) electrons. The molecule has 0 spiro atoms. The predicted octanol–water partition coefficient (Wildman–Crippen LogP) is 5.02. The van der Waals surface area contributed by atoms with E-state index in [-0.39, 0.29) is 5.41 Å². The summed E-state index contributed by atoms with van der Waals surface area (Å²) in [6, 6.07) is 12.3. The molecule has 0 aliphatic carbocycles. The van der Waals surface area contributed by atoms with Gasteiger partial charge in [-0.25, -0.2) is 14.5 Å². The molecule has 7 heteroatoms. The van der Waals surface area contributed by atoms with E-state index >= 15 is 0 Å². The average molecular weight is 441 g/mol. The Morgan fingerprint density at radius 3 is 2.48 bits per heavy atom. The second kappa shape index (κ2) is 7.99. The van der Waals surface area contributed by atoms with E-state index in [1.54, 1.807) is 17.0 Å². The van der Waals surface area contributed by atoms with Gasteiger partial charge >= 0.3 is 0 Å². The van der Waals surface area contributed by atoms with Crippen LogP contribution in [0.2, 0.25) is 0 Å². The van der Waals surface area contributed by atoms with Crippen molar-refractivity contribution in [3.05, 3.63) is 83.3 Å². The maximum Gasteiger partial charge on any atom is 0.189 e. The minimum absolute atomic E-state index is 0.115. The number of hydrogen-bond acceptors (Lipinski definition) is 5. The monoisotopic (exact) mass is 440 g/mol. The molecule has 0 saturated heterocycles. The quantitative estimate of drug-likeness (QED) is 0.384. The van der Waals surface area contributed by atoms with E-state index in [1.165, 1.54) is 5.56 Å². The van der Waals surface area contributed by atoms with E-state index < -0.39 is 0 Å². The van der Waals surface area contributed by atoms with E-state index in [2.05, 4.69) is 67.5 Å². The highest BCUT2D eigenvalue weighted by Gasteiger charge is 2.18. The zero-order valence-corrected chi connectivity index (χ0v) is 19.7. The van der Waals surface area contributed by atoms with Gasteiger partial charge in [-0.3, -0.25) is 4.98 Å². The molecular weight excluding hydrogens is 412 g/mol. The maximum atomic E-state index is 5.97. The first-order valence-electron chi connectivity index (χ1n) is 11.1. The van der Waals surface area contributed by atoms with Crippen molar-refractivity contribution < 1.29 is 4.74 Å². The van der Waals surface area contributed by atoms with Crippen molar-refractivity contribution in [2.45, 2.75) is 53.2 Å². The lowest BCUT2D eigenvalue weighted by Crippen LogP contribution is -2.10. The summed E-state index contributed by atoms with van der Waals surface area (Å²) in [5, 5.41) is 5.62. The molecule has 5 aromatic rings. The molecule has 0 fully saturated rings. The van der Waals surface area contributed by atoms with E-state index in [9.17, 15) is 0 Å². The summed E-state index contributed by atoms with van der Waals surface area (Å²) < 4.78 is 9.92. The Labute approximate surface area is 193 Å². The number of benzene rings is 1. The number of pyridine rings is 1. The van der Waals surface area contributed by atoms with Gasteiger partial charge in [-0.2, -0.15) is 0 Å². The molecule has 0 atom stereocenters. The average Bonchev–Trinajstić information content (AvgIpc) is 3.32. The minimum atomic E-state index is 0.115. The standard InChI is InChI=1S/C26H28N6O/c1-17-18(2)31(14-19-7-6-12-27-13-19)24-23(17)25-29-22(30-32(25)16-28-24)15-33-21-10-8-20(9-11-21)26(3,4)5/h6-13,16H,14-15H2,1-5H3. The molecule has 168 valence electrons. The summed E-state index contributed by atoms with van der Waals surface area (Å²) in [4.78, 5) is 13.7. The van der Waals surface area contributed by atoms with E-state index in [0.717, 1.165) is 39.3 Å². The molecule has 7 nitrogen and oxygen atoms in total. The first-order valence-corrected chi connectivity index (χ1v) is 11.1. The van der Waals surface area contributed by atoms with Gasteiger partial charge in [0.15, 0.2) is 11.5 Å². The van der Waals surface area contributed by atoms with Crippen LogP contribution in [0.3, 0.4) is 0 Å². The van der Waals surface area contributed by atoms with Gasteiger partial charge in [0.1, 0.15) is 24.3 Å². The molecule has 5 rings (SSSR count). The molecule has 0 unspecified atom stereocenters. The fourth-order valence-electron chi connectivity index (χ4n) is 4.10. The van der Waals surface area contributed by atoms with Crippen LogP contribution in [0.5, 0.6) is 5.75 Å². The van der Waals surface area contributed by atoms with Crippen LogP contribution >= 0.6 is 0 Å². The molecule has 1 aromatic carbocycles. The highest BCUT2D eigenvalue weighted by molar-refractivity contribution is 5.93. The van der Waals surface area contributed by atoms with Crippen LogP contribution in [-0.4, -0.2) is 29.1 Å². The number of fused-ring (bicyclic) bond motifs is 3. The normalized spacial score (nSPS) is 12.0. The SMILES string of the molecule is Cc1c(C)n(Cc2cccnc2)c2ncn3nc(COc4ccc(C(C)(C)C)cc4)nc3c12. The Morgan fingerprint density at radius 1 is 1.00 bits per heavy atom. The van der Waals surface area contributed by atoms with Gasteiger partial charge in [-0.1, -0.05) is 39.0 Å². The minimum Gasteiger partial charge on any atom is -0.486 e. The molecule has 0 aliphatic heterocycles. The molecular formula is C26H28N6O. The number of rotatable bonds is 5. The first kappa shape index (κ1) is 21.1. The number of hydrogen-bond donors (Lipinski definition) is 0. The zero-order chi connectivity index (χ0) is 23.2. The Bertz CT molecular complexity index is 1430. The molecule has 4 heterocycles. The molecule has 4 aromatic heterocycles. The van der Waals surface area contributed by atoms with Crippen molar-refractivity contribution in [1.82, 2.24) is 29.1 Å². The van der Waals surface area contributed by atoms with Crippen molar-refractivity contribution in [2.24, 2.45) is 0 Å². The summed E-state index contributed by atoms with van der Waals surface area (Å²) in [6.07, 6.45) is 5.40. The van der Waals surface area contributed by atoms with Gasteiger partial charge in [0, 0.05) is 18.1 Å². The number of aryl methyl sites for hydroxylation is 1. The zero-order valence-electron chi connectivity index (χ0n) is 19.7.